The fraction of sp³-hybridized carbons (Fsp3) is 0.174. The van der Waals surface area contributed by atoms with Crippen molar-refractivity contribution in [2.24, 2.45) is 0 Å². The summed E-state index contributed by atoms with van der Waals surface area (Å²) in [6.45, 7) is 0.771. The first kappa shape index (κ1) is 17.8. The molecule has 5 rings (SSSR count). The van der Waals surface area contributed by atoms with E-state index in [1.807, 2.05) is 41.3 Å². The van der Waals surface area contributed by atoms with Crippen molar-refractivity contribution in [2.45, 2.75) is 19.0 Å². The average molecular weight is 401 g/mol. The van der Waals surface area contributed by atoms with Crippen molar-refractivity contribution in [3.63, 3.8) is 0 Å². The topological polar surface area (TPSA) is 55.2 Å². The van der Waals surface area contributed by atoms with Gasteiger partial charge in [-0.15, -0.1) is 11.3 Å². The van der Waals surface area contributed by atoms with Gasteiger partial charge in [-0.2, -0.15) is 5.10 Å². The molecule has 2 aromatic carbocycles. The van der Waals surface area contributed by atoms with Gasteiger partial charge in [0.2, 0.25) is 11.3 Å². The lowest BCUT2D eigenvalue weighted by atomic mass is 9.93. The molecular formula is C23H19N3O2S. The minimum absolute atomic E-state index is 0.00277. The molecule has 144 valence electrons. The lowest BCUT2D eigenvalue weighted by molar-refractivity contribution is -0.134. The van der Waals surface area contributed by atoms with Crippen LogP contribution < -0.4 is 5.43 Å². The molecule has 29 heavy (non-hydrogen) atoms. The molecule has 0 bridgehead atoms. The molecule has 1 aliphatic heterocycles. The minimum Gasteiger partial charge on any atom is -0.330 e. The summed E-state index contributed by atoms with van der Waals surface area (Å²) in [6, 6.07) is 19.5. The number of thiophene rings is 1. The quantitative estimate of drug-likeness (QED) is 0.527. The van der Waals surface area contributed by atoms with Gasteiger partial charge in [-0.3, -0.25) is 14.3 Å². The second-order valence-electron chi connectivity index (χ2n) is 7.13. The van der Waals surface area contributed by atoms with Crippen molar-refractivity contribution in [3.8, 4) is 0 Å². The molecule has 0 N–H and O–H groups in total. The Bertz CT molecular complexity index is 1250. The number of para-hydroxylation sites is 1. The van der Waals surface area contributed by atoms with E-state index < -0.39 is 0 Å². The van der Waals surface area contributed by atoms with E-state index in [2.05, 4.69) is 28.7 Å². The van der Waals surface area contributed by atoms with E-state index in [0.29, 0.717) is 17.4 Å². The first-order chi connectivity index (χ1) is 14.2. The van der Waals surface area contributed by atoms with E-state index in [9.17, 15) is 9.59 Å². The molecule has 1 unspecified atom stereocenters. The molecule has 0 saturated heterocycles. The van der Waals surface area contributed by atoms with Crippen LogP contribution in [0.15, 0.2) is 77.0 Å². The number of aromatic nitrogens is 2. The SMILES string of the molecule is O=C(Cn1ncc(=O)c2ccccc21)N1CCc2sccc2C1c1ccccc1. The third-order valence-corrected chi connectivity index (χ3v) is 6.45. The lowest BCUT2D eigenvalue weighted by Crippen LogP contribution is -2.42. The molecule has 2 aromatic heterocycles. The van der Waals surface area contributed by atoms with Gasteiger partial charge in [0.05, 0.1) is 17.8 Å². The van der Waals surface area contributed by atoms with E-state index in [1.165, 1.54) is 16.6 Å². The number of fused-ring (bicyclic) bond motifs is 2. The van der Waals surface area contributed by atoms with Gasteiger partial charge >= 0.3 is 0 Å². The van der Waals surface area contributed by atoms with Gasteiger partial charge in [-0.1, -0.05) is 42.5 Å². The van der Waals surface area contributed by atoms with Gasteiger partial charge in [-0.05, 0) is 41.1 Å². The van der Waals surface area contributed by atoms with Gasteiger partial charge in [-0.25, -0.2) is 0 Å². The molecule has 0 aliphatic carbocycles. The fourth-order valence-corrected chi connectivity index (χ4v) is 4.99. The largest absolute Gasteiger partial charge is 0.330 e. The molecule has 1 amide bonds. The normalized spacial score (nSPS) is 16.0. The van der Waals surface area contributed by atoms with Crippen LogP contribution in [0.25, 0.3) is 10.9 Å². The minimum atomic E-state index is -0.132. The van der Waals surface area contributed by atoms with E-state index in [4.69, 9.17) is 0 Å². The molecular weight excluding hydrogens is 382 g/mol. The zero-order chi connectivity index (χ0) is 19.8. The number of carbonyl (C=O) groups is 1. The van der Waals surface area contributed by atoms with Crippen molar-refractivity contribution in [2.75, 3.05) is 6.54 Å². The highest BCUT2D eigenvalue weighted by Gasteiger charge is 2.32. The van der Waals surface area contributed by atoms with Crippen LogP contribution in [0.2, 0.25) is 0 Å². The Balaban J connectivity index is 1.53. The molecule has 3 heterocycles. The molecule has 6 heteroatoms. The Kier molecular flexibility index (Phi) is 4.48. The first-order valence-corrected chi connectivity index (χ1v) is 10.5. The number of amides is 1. The molecule has 1 atom stereocenters. The van der Waals surface area contributed by atoms with Gasteiger partial charge in [0, 0.05) is 16.8 Å². The number of rotatable bonds is 3. The molecule has 1 aliphatic rings. The van der Waals surface area contributed by atoms with E-state index in [1.54, 1.807) is 22.1 Å². The highest BCUT2D eigenvalue weighted by molar-refractivity contribution is 7.10. The van der Waals surface area contributed by atoms with Crippen molar-refractivity contribution in [3.05, 3.63) is 98.5 Å². The van der Waals surface area contributed by atoms with Crippen LogP contribution in [0.3, 0.4) is 0 Å². The predicted molar refractivity (Wildman–Crippen MR) is 114 cm³/mol. The summed E-state index contributed by atoms with van der Waals surface area (Å²) in [5.74, 6) is -0.00277. The second-order valence-corrected chi connectivity index (χ2v) is 8.13. The summed E-state index contributed by atoms with van der Waals surface area (Å²) >= 11 is 1.75. The molecule has 4 aromatic rings. The average Bonchev–Trinajstić information content (AvgIpc) is 3.24. The van der Waals surface area contributed by atoms with Crippen molar-refractivity contribution in [1.82, 2.24) is 14.7 Å². The fourth-order valence-electron chi connectivity index (χ4n) is 4.09. The number of nitrogens with zero attached hydrogens (tertiary/aromatic N) is 3. The highest BCUT2D eigenvalue weighted by atomic mass is 32.1. The lowest BCUT2D eigenvalue weighted by Gasteiger charge is -2.36. The van der Waals surface area contributed by atoms with Crippen LogP contribution in [0.5, 0.6) is 0 Å². The number of benzene rings is 2. The van der Waals surface area contributed by atoms with E-state index in [0.717, 1.165) is 12.0 Å². The standard InChI is InChI=1S/C23H19N3O2S/c27-20-14-24-26(19-9-5-4-8-17(19)20)15-22(28)25-12-10-21-18(11-13-29-21)23(25)16-6-2-1-3-7-16/h1-9,11,13-14,23H,10,12,15H2. The van der Waals surface area contributed by atoms with Crippen LogP contribution in [0, 0.1) is 0 Å². The van der Waals surface area contributed by atoms with Gasteiger partial charge in [0.25, 0.3) is 0 Å². The summed E-state index contributed by atoms with van der Waals surface area (Å²) in [4.78, 5) is 28.8. The molecule has 0 spiro atoms. The predicted octanol–water partition coefficient (Wildman–Crippen LogP) is 3.63. The second kappa shape index (κ2) is 7.29. The zero-order valence-corrected chi connectivity index (χ0v) is 16.5. The van der Waals surface area contributed by atoms with Crippen LogP contribution in [0.1, 0.15) is 22.0 Å². The summed E-state index contributed by atoms with van der Waals surface area (Å²) < 4.78 is 1.63. The smallest absolute Gasteiger partial charge is 0.245 e. The maximum Gasteiger partial charge on any atom is 0.245 e. The highest BCUT2D eigenvalue weighted by Crippen LogP contribution is 2.37. The Hall–Kier alpha value is -3.25. The van der Waals surface area contributed by atoms with Crippen LogP contribution >= 0.6 is 11.3 Å². The molecule has 0 fully saturated rings. The molecule has 0 radical (unpaired) electrons. The number of carbonyl (C=O) groups excluding carboxylic acids is 1. The van der Waals surface area contributed by atoms with Crippen molar-refractivity contribution in [1.29, 1.82) is 0 Å². The van der Waals surface area contributed by atoms with E-state index in [-0.39, 0.29) is 23.9 Å². The molecule has 5 nitrogen and oxygen atoms in total. The zero-order valence-electron chi connectivity index (χ0n) is 15.7. The number of hydrogen-bond donors (Lipinski definition) is 0. The monoisotopic (exact) mass is 401 g/mol. The summed E-state index contributed by atoms with van der Waals surface area (Å²) in [5.41, 5.74) is 2.86. The van der Waals surface area contributed by atoms with E-state index >= 15 is 0 Å². The summed E-state index contributed by atoms with van der Waals surface area (Å²) in [5, 5.41) is 6.91. The van der Waals surface area contributed by atoms with Crippen molar-refractivity contribution >= 4 is 28.1 Å². The maximum atomic E-state index is 13.4. The first-order valence-electron chi connectivity index (χ1n) is 9.58. The Morgan fingerprint density at radius 2 is 1.86 bits per heavy atom. The Morgan fingerprint density at radius 3 is 2.72 bits per heavy atom. The Morgan fingerprint density at radius 1 is 1.07 bits per heavy atom. The summed E-state index contributed by atoms with van der Waals surface area (Å²) in [6.07, 6.45) is 2.15. The van der Waals surface area contributed by atoms with Gasteiger partial charge in [0.15, 0.2) is 0 Å². The van der Waals surface area contributed by atoms with Crippen LogP contribution in [0.4, 0.5) is 0 Å². The third-order valence-electron chi connectivity index (χ3n) is 5.45. The van der Waals surface area contributed by atoms with Crippen molar-refractivity contribution < 1.29 is 4.79 Å². The Labute approximate surface area is 171 Å². The maximum absolute atomic E-state index is 13.4. The van der Waals surface area contributed by atoms with Crippen LogP contribution in [-0.2, 0) is 17.8 Å². The third kappa shape index (κ3) is 3.15. The van der Waals surface area contributed by atoms with Gasteiger partial charge < -0.3 is 4.90 Å². The number of hydrogen-bond acceptors (Lipinski definition) is 4. The van der Waals surface area contributed by atoms with Gasteiger partial charge in [0.1, 0.15) is 6.54 Å². The summed E-state index contributed by atoms with van der Waals surface area (Å²) in [7, 11) is 0. The van der Waals surface area contributed by atoms with Crippen LogP contribution in [-0.4, -0.2) is 27.1 Å². The molecule has 0 saturated carbocycles.